The molecule has 0 aromatic heterocycles. The van der Waals surface area contributed by atoms with Crippen molar-refractivity contribution in [3.05, 3.63) is 54.1 Å². The molecular formula is C13H16. The zero-order chi connectivity index (χ0) is 9.52. The number of hydrogen-bond donors (Lipinski definition) is 0. The Hall–Kier alpha value is -1.30. The van der Waals surface area contributed by atoms with Gasteiger partial charge in [0.2, 0.25) is 0 Å². The predicted octanol–water partition coefficient (Wildman–Crippen LogP) is 4.06. The van der Waals surface area contributed by atoms with Crippen LogP contribution in [-0.2, 0) is 0 Å². The fourth-order valence-corrected chi connectivity index (χ4v) is 1.28. The molecule has 0 aliphatic rings. The molecule has 0 heteroatoms. The lowest BCUT2D eigenvalue weighted by molar-refractivity contribution is 1.24. The molecule has 0 spiro atoms. The Balaban J connectivity index is 2.91. The molecule has 0 unspecified atom stereocenters. The topological polar surface area (TPSA) is 0 Å². The monoisotopic (exact) mass is 172 g/mol. The standard InChI is InChI=1S/C13H16/c1-3-5-9-12(4-2)13-10-7-6-8-11-13/h3,5-11H,4H2,1-2H3/b5-3-,12-9+. The molecule has 1 rings (SSSR count). The molecule has 0 amide bonds. The molecular weight excluding hydrogens is 156 g/mol. The molecule has 0 bridgehead atoms. The van der Waals surface area contributed by atoms with Gasteiger partial charge in [-0.1, -0.05) is 55.5 Å². The van der Waals surface area contributed by atoms with E-state index in [1.165, 1.54) is 11.1 Å². The van der Waals surface area contributed by atoms with Crippen LogP contribution >= 0.6 is 0 Å². The minimum absolute atomic E-state index is 1.08. The third kappa shape index (κ3) is 2.90. The van der Waals surface area contributed by atoms with Crippen LogP contribution in [0.25, 0.3) is 5.57 Å². The van der Waals surface area contributed by atoms with E-state index in [0.717, 1.165) is 6.42 Å². The predicted molar refractivity (Wildman–Crippen MR) is 59.5 cm³/mol. The van der Waals surface area contributed by atoms with E-state index in [1.807, 2.05) is 13.0 Å². The van der Waals surface area contributed by atoms with Gasteiger partial charge in [0.15, 0.2) is 0 Å². The Kier molecular flexibility index (Phi) is 4.04. The lowest BCUT2D eigenvalue weighted by Crippen LogP contribution is -1.80. The van der Waals surface area contributed by atoms with Crippen molar-refractivity contribution in [3.63, 3.8) is 0 Å². The summed E-state index contributed by atoms with van der Waals surface area (Å²) in [5.74, 6) is 0. The summed E-state index contributed by atoms with van der Waals surface area (Å²) in [5.41, 5.74) is 2.71. The van der Waals surface area contributed by atoms with Crippen molar-refractivity contribution in [1.29, 1.82) is 0 Å². The van der Waals surface area contributed by atoms with Crippen LogP contribution in [0.2, 0.25) is 0 Å². The summed E-state index contributed by atoms with van der Waals surface area (Å²) in [6.45, 7) is 4.22. The van der Waals surface area contributed by atoms with Crippen molar-refractivity contribution in [2.45, 2.75) is 20.3 Å². The van der Waals surface area contributed by atoms with Crippen LogP contribution < -0.4 is 0 Å². The largest absolute Gasteiger partial charge is 0.0877 e. The van der Waals surface area contributed by atoms with Crippen LogP contribution in [0.5, 0.6) is 0 Å². The fourth-order valence-electron chi connectivity index (χ4n) is 1.28. The summed E-state index contributed by atoms with van der Waals surface area (Å²) in [6.07, 6.45) is 7.40. The van der Waals surface area contributed by atoms with Gasteiger partial charge in [-0.15, -0.1) is 0 Å². The first kappa shape index (κ1) is 9.79. The Morgan fingerprint density at radius 2 is 1.92 bits per heavy atom. The van der Waals surface area contributed by atoms with Gasteiger partial charge in [-0.25, -0.2) is 0 Å². The second-order valence-corrected chi connectivity index (χ2v) is 2.94. The summed E-state index contributed by atoms with van der Waals surface area (Å²) < 4.78 is 0. The van der Waals surface area contributed by atoms with Gasteiger partial charge in [-0.2, -0.15) is 0 Å². The zero-order valence-corrected chi connectivity index (χ0v) is 8.33. The minimum atomic E-state index is 1.08. The molecule has 0 nitrogen and oxygen atoms in total. The quantitative estimate of drug-likeness (QED) is 0.603. The molecule has 13 heavy (non-hydrogen) atoms. The highest BCUT2D eigenvalue weighted by molar-refractivity contribution is 5.66. The van der Waals surface area contributed by atoms with Crippen molar-refractivity contribution in [2.24, 2.45) is 0 Å². The molecule has 0 aliphatic carbocycles. The van der Waals surface area contributed by atoms with E-state index < -0.39 is 0 Å². The molecule has 0 heterocycles. The lowest BCUT2D eigenvalue weighted by atomic mass is 10.0. The maximum absolute atomic E-state index is 2.18. The molecule has 0 atom stereocenters. The number of allylic oxidation sites excluding steroid dienone is 4. The van der Waals surface area contributed by atoms with Gasteiger partial charge in [0.05, 0.1) is 0 Å². The second-order valence-electron chi connectivity index (χ2n) is 2.94. The minimum Gasteiger partial charge on any atom is -0.0877 e. The van der Waals surface area contributed by atoms with Gasteiger partial charge < -0.3 is 0 Å². The third-order valence-corrected chi connectivity index (χ3v) is 2.02. The van der Waals surface area contributed by atoms with Gasteiger partial charge in [0.25, 0.3) is 0 Å². The van der Waals surface area contributed by atoms with E-state index >= 15 is 0 Å². The highest BCUT2D eigenvalue weighted by atomic mass is 14.0. The summed E-state index contributed by atoms with van der Waals surface area (Å²) in [4.78, 5) is 0. The smallest absolute Gasteiger partial charge is 0.0225 e. The normalized spacial score (nSPS) is 12.3. The van der Waals surface area contributed by atoms with Crippen molar-refractivity contribution in [3.8, 4) is 0 Å². The van der Waals surface area contributed by atoms with Gasteiger partial charge in [0, 0.05) is 0 Å². The molecule has 0 radical (unpaired) electrons. The van der Waals surface area contributed by atoms with Crippen LogP contribution in [0.4, 0.5) is 0 Å². The Morgan fingerprint density at radius 3 is 2.46 bits per heavy atom. The van der Waals surface area contributed by atoms with Crippen LogP contribution in [0.15, 0.2) is 48.6 Å². The molecule has 0 saturated heterocycles. The van der Waals surface area contributed by atoms with Crippen molar-refractivity contribution in [2.75, 3.05) is 0 Å². The third-order valence-electron chi connectivity index (χ3n) is 2.02. The van der Waals surface area contributed by atoms with Crippen LogP contribution in [-0.4, -0.2) is 0 Å². The molecule has 1 aromatic rings. The highest BCUT2D eigenvalue weighted by Crippen LogP contribution is 2.17. The maximum Gasteiger partial charge on any atom is -0.0225 e. The number of benzene rings is 1. The first-order chi connectivity index (χ1) is 6.38. The Bertz CT molecular complexity index is 291. The average Bonchev–Trinajstić information content (AvgIpc) is 2.21. The van der Waals surface area contributed by atoms with Crippen molar-refractivity contribution >= 4 is 5.57 Å². The fraction of sp³-hybridized carbons (Fsp3) is 0.231. The van der Waals surface area contributed by atoms with Crippen molar-refractivity contribution in [1.82, 2.24) is 0 Å². The highest BCUT2D eigenvalue weighted by Gasteiger charge is 1.94. The molecule has 0 aliphatic heterocycles. The molecule has 0 saturated carbocycles. The zero-order valence-electron chi connectivity index (χ0n) is 8.33. The first-order valence-corrected chi connectivity index (χ1v) is 4.75. The van der Waals surface area contributed by atoms with E-state index in [-0.39, 0.29) is 0 Å². The van der Waals surface area contributed by atoms with E-state index in [0.29, 0.717) is 0 Å². The molecule has 0 N–H and O–H groups in total. The van der Waals surface area contributed by atoms with Gasteiger partial charge in [0.1, 0.15) is 0 Å². The molecule has 68 valence electrons. The lowest BCUT2D eigenvalue weighted by Gasteiger charge is -2.02. The van der Waals surface area contributed by atoms with E-state index in [2.05, 4.69) is 49.4 Å². The Labute approximate surface area is 80.6 Å². The van der Waals surface area contributed by atoms with Gasteiger partial charge in [-0.05, 0) is 24.5 Å². The molecule has 1 aromatic carbocycles. The summed E-state index contributed by atoms with van der Waals surface area (Å²) >= 11 is 0. The van der Waals surface area contributed by atoms with Crippen LogP contribution in [0.3, 0.4) is 0 Å². The summed E-state index contributed by atoms with van der Waals surface area (Å²) in [6, 6.07) is 10.5. The number of hydrogen-bond acceptors (Lipinski definition) is 0. The second kappa shape index (κ2) is 5.36. The number of rotatable bonds is 3. The molecule has 0 fully saturated rings. The summed E-state index contributed by atoms with van der Waals surface area (Å²) in [5, 5.41) is 0. The SMILES string of the molecule is C/C=C\C=C(/CC)c1ccccc1. The summed E-state index contributed by atoms with van der Waals surface area (Å²) in [7, 11) is 0. The van der Waals surface area contributed by atoms with Crippen molar-refractivity contribution < 1.29 is 0 Å². The van der Waals surface area contributed by atoms with Crippen LogP contribution in [0.1, 0.15) is 25.8 Å². The van der Waals surface area contributed by atoms with Crippen LogP contribution in [0, 0.1) is 0 Å². The Morgan fingerprint density at radius 1 is 1.23 bits per heavy atom. The first-order valence-electron chi connectivity index (χ1n) is 4.75. The van der Waals surface area contributed by atoms with E-state index in [9.17, 15) is 0 Å². The van der Waals surface area contributed by atoms with E-state index in [1.54, 1.807) is 0 Å². The van der Waals surface area contributed by atoms with Gasteiger partial charge >= 0.3 is 0 Å². The average molecular weight is 172 g/mol. The van der Waals surface area contributed by atoms with E-state index in [4.69, 9.17) is 0 Å². The maximum atomic E-state index is 2.18. The van der Waals surface area contributed by atoms with Gasteiger partial charge in [-0.3, -0.25) is 0 Å².